The van der Waals surface area contributed by atoms with Crippen LogP contribution in [0.1, 0.15) is 46.5 Å². The second-order valence-corrected chi connectivity index (χ2v) is 6.24. The summed E-state index contributed by atoms with van der Waals surface area (Å²) in [5, 5.41) is 7.83. The molecule has 1 aliphatic carbocycles. The van der Waals surface area contributed by atoms with Crippen LogP contribution >= 0.6 is 11.3 Å². The van der Waals surface area contributed by atoms with Crippen LogP contribution < -0.4 is 10.6 Å². The zero-order valence-corrected chi connectivity index (χ0v) is 11.6. The van der Waals surface area contributed by atoms with Crippen molar-refractivity contribution in [3.63, 3.8) is 0 Å². The van der Waals surface area contributed by atoms with Crippen LogP contribution in [0.15, 0.2) is 5.38 Å². The smallest absolute Gasteiger partial charge is 0.252 e. The normalized spacial score (nSPS) is 22.5. The van der Waals surface area contributed by atoms with Gasteiger partial charge in [-0.1, -0.05) is 0 Å². The number of fused-ring (bicyclic) bond motifs is 1. The molecular weight excluding hydrogens is 260 g/mol. The van der Waals surface area contributed by atoms with E-state index >= 15 is 0 Å². The Hall–Kier alpha value is -1.36. The predicted molar refractivity (Wildman–Crippen MR) is 74.5 cm³/mol. The highest BCUT2D eigenvalue weighted by atomic mass is 32.1. The molecule has 4 nitrogen and oxygen atoms in total. The maximum Gasteiger partial charge on any atom is 0.252 e. The summed E-state index contributed by atoms with van der Waals surface area (Å²) in [7, 11) is 0. The number of amides is 2. The van der Waals surface area contributed by atoms with Gasteiger partial charge in [0.1, 0.15) is 0 Å². The summed E-state index contributed by atoms with van der Waals surface area (Å²) in [5.74, 6) is 0.110. The lowest BCUT2D eigenvalue weighted by Gasteiger charge is -2.23. The van der Waals surface area contributed by atoms with Gasteiger partial charge in [-0.25, -0.2) is 0 Å². The molecule has 2 amide bonds. The number of piperidine rings is 1. The zero-order valence-electron chi connectivity index (χ0n) is 10.8. The summed E-state index contributed by atoms with van der Waals surface area (Å²) in [6.07, 6.45) is 5.82. The topological polar surface area (TPSA) is 58.2 Å². The third kappa shape index (κ3) is 2.66. The molecular formula is C14H18N2O2S. The van der Waals surface area contributed by atoms with E-state index in [0.717, 1.165) is 24.8 Å². The number of thiophene rings is 1. The van der Waals surface area contributed by atoms with E-state index in [2.05, 4.69) is 10.6 Å². The molecule has 1 aromatic heterocycles. The molecule has 1 fully saturated rings. The fourth-order valence-corrected chi connectivity index (χ4v) is 3.93. The third-order valence-electron chi connectivity index (χ3n) is 3.91. The van der Waals surface area contributed by atoms with Gasteiger partial charge in [0.05, 0.1) is 5.56 Å². The minimum absolute atomic E-state index is 0.0283. The SMILES string of the molecule is O=C1CCC(NC(=O)c2csc3c2CCCC3)CN1. The van der Waals surface area contributed by atoms with E-state index in [0.29, 0.717) is 13.0 Å². The molecule has 2 heterocycles. The highest BCUT2D eigenvalue weighted by Crippen LogP contribution is 2.30. The number of rotatable bonds is 2. The number of aryl methyl sites for hydroxylation is 1. The molecule has 1 unspecified atom stereocenters. The summed E-state index contributed by atoms with van der Waals surface area (Å²) >= 11 is 1.71. The summed E-state index contributed by atoms with van der Waals surface area (Å²) in [4.78, 5) is 24.8. The molecule has 2 aliphatic rings. The van der Waals surface area contributed by atoms with Crippen molar-refractivity contribution in [3.8, 4) is 0 Å². The molecule has 0 bridgehead atoms. The number of carbonyl (C=O) groups is 2. The molecule has 0 saturated carbocycles. The van der Waals surface area contributed by atoms with Crippen LogP contribution in [0.3, 0.4) is 0 Å². The number of carbonyl (C=O) groups excluding carboxylic acids is 2. The van der Waals surface area contributed by atoms with Crippen molar-refractivity contribution in [2.75, 3.05) is 6.54 Å². The van der Waals surface area contributed by atoms with Crippen molar-refractivity contribution in [3.05, 3.63) is 21.4 Å². The Labute approximate surface area is 116 Å². The van der Waals surface area contributed by atoms with Gasteiger partial charge in [-0.15, -0.1) is 11.3 Å². The van der Waals surface area contributed by atoms with E-state index in [9.17, 15) is 9.59 Å². The minimum atomic E-state index is 0.0283. The van der Waals surface area contributed by atoms with Crippen molar-refractivity contribution in [1.29, 1.82) is 0 Å². The Balaban J connectivity index is 1.67. The molecule has 1 aliphatic heterocycles. The van der Waals surface area contributed by atoms with Gasteiger partial charge in [-0.2, -0.15) is 0 Å². The molecule has 1 atom stereocenters. The highest BCUT2D eigenvalue weighted by molar-refractivity contribution is 7.10. The first-order chi connectivity index (χ1) is 9.24. The Morgan fingerprint density at radius 3 is 2.95 bits per heavy atom. The fraction of sp³-hybridized carbons (Fsp3) is 0.571. The Kier molecular flexibility index (Phi) is 3.55. The maximum absolute atomic E-state index is 12.3. The monoisotopic (exact) mass is 278 g/mol. The van der Waals surface area contributed by atoms with Gasteiger partial charge < -0.3 is 10.6 Å². The van der Waals surface area contributed by atoms with Crippen LogP contribution in [0.25, 0.3) is 0 Å². The van der Waals surface area contributed by atoms with Gasteiger partial charge >= 0.3 is 0 Å². The zero-order chi connectivity index (χ0) is 13.2. The van der Waals surface area contributed by atoms with Crippen molar-refractivity contribution < 1.29 is 9.59 Å². The third-order valence-corrected chi connectivity index (χ3v) is 5.00. The van der Waals surface area contributed by atoms with Crippen LogP contribution in [0.4, 0.5) is 0 Å². The average molecular weight is 278 g/mol. The highest BCUT2D eigenvalue weighted by Gasteiger charge is 2.24. The van der Waals surface area contributed by atoms with E-state index in [4.69, 9.17) is 0 Å². The first kappa shape index (κ1) is 12.7. The summed E-state index contributed by atoms with van der Waals surface area (Å²) in [6, 6.07) is 0.0735. The Morgan fingerprint density at radius 1 is 1.32 bits per heavy atom. The summed E-state index contributed by atoms with van der Waals surface area (Å²) in [6.45, 7) is 0.552. The second kappa shape index (κ2) is 5.33. The number of hydrogen-bond donors (Lipinski definition) is 2. The fourth-order valence-electron chi connectivity index (χ4n) is 2.80. The van der Waals surface area contributed by atoms with E-state index in [1.165, 1.54) is 23.3 Å². The van der Waals surface area contributed by atoms with Gasteiger partial charge in [0.2, 0.25) is 5.91 Å². The lowest BCUT2D eigenvalue weighted by molar-refractivity contribution is -0.122. The average Bonchev–Trinajstić information content (AvgIpc) is 2.85. The van der Waals surface area contributed by atoms with Crippen molar-refractivity contribution in [1.82, 2.24) is 10.6 Å². The molecule has 1 aromatic rings. The maximum atomic E-state index is 12.3. The predicted octanol–water partition coefficient (Wildman–Crippen LogP) is 1.64. The van der Waals surface area contributed by atoms with Crippen molar-refractivity contribution in [2.45, 2.75) is 44.6 Å². The van der Waals surface area contributed by atoms with Crippen LogP contribution in [0.5, 0.6) is 0 Å². The van der Waals surface area contributed by atoms with Gasteiger partial charge in [-0.05, 0) is 37.7 Å². The van der Waals surface area contributed by atoms with Crippen molar-refractivity contribution in [2.24, 2.45) is 0 Å². The number of hydrogen-bond acceptors (Lipinski definition) is 3. The van der Waals surface area contributed by atoms with E-state index < -0.39 is 0 Å². The van der Waals surface area contributed by atoms with Gasteiger partial charge in [0, 0.05) is 29.3 Å². The first-order valence-electron chi connectivity index (χ1n) is 6.91. The lowest BCUT2D eigenvalue weighted by atomic mass is 9.95. The van der Waals surface area contributed by atoms with Crippen LogP contribution in [-0.2, 0) is 17.6 Å². The van der Waals surface area contributed by atoms with E-state index in [1.807, 2.05) is 5.38 Å². The van der Waals surface area contributed by atoms with Crippen LogP contribution in [0, 0.1) is 0 Å². The van der Waals surface area contributed by atoms with Crippen LogP contribution in [-0.4, -0.2) is 24.4 Å². The molecule has 5 heteroatoms. The minimum Gasteiger partial charge on any atom is -0.354 e. The Morgan fingerprint density at radius 2 is 2.16 bits per heavy atom. The first-order valence-corrected chi connectivity index (χ1v) is 7.79. The largest absolute Gasteiger partial charge is 0.354 e. The van der Waals surface area contributed by atoms with Gasteiger partial charge in [0.15, 0.2) is 0 Å². The lowest BCUT2D eigenvalue weighted by Crippen LogP contribution is -2.47. The molecule has 19 heavy (non-hydrogen) atoms. The molecule has 1 saturated heterocycles. The molecule has 0 aromatic carbocycles. The molecule has 0 spiro atoms. The number of nitrogens with one attached hydrogen (secondary N) is 2. The second-order valence-electron chi connectivity index (χ2n) is 5.27. The summed E-state index contributed by atoms with van der Waals surface area (Å²) in [5.41, 5.74) is 2.12. The molecule has 3 rings (SSSR count). The van der Waals surface area contributed by atoms with E-state index in [1.54, 1.807) is 11.3 Å². The Bertz CT molecular complexity index is 500. The molecule has 102 valence electrons. The summed E-state index contributed by atoms with van der Waals surface area (Å²) < 4.78 is 0. The van der Waals surface area contributed by atoms with Crippen LogP contribution in [0.2, 0.25) is 0 Å². The quantitative estimate of drug-likeness (QED) is 0.864. The molecule has 0 radical (unpaired) electrons. The van der Waals surface area contributed by atoms with Gasteiger partial charge in [-0.3, -0.25) is 9.59 Å². The van der Waals surface area contributed by atoms with E-state index in [-0.39, 0.29) is 17.9 Å². The van der Waals surface area contributed by atoms with Gasteiger partial charge in [0.25, 0.3) is 5.91 Å². The van der Waals surface area contributed by atoms with Crippen molar-refractivity contribution >= 4 is 23.2 Å². The standard InChI is InChI=1S/C14H18N2O2S/c17-13-6-5-9(7-15-13)16-14(18)11-8-19-12-4-2-1-3-10(11)12/h8-9H,1-7H2,(H,15,17)(H,16,18). The molecule has 2 N–H and O–H groups in total.